The van der Waals surface area contributed by atoms with Crippen molar-refractivity contribution in [3.63, 3.8) is 0 Å². The number of allylic oxidation sites excluding steroid dienone is 1. The average molecular weight is 306 g/mol. The van der Waals surface area contributed by atoms with Crippen LogP contribution < -0.4 is 0 Å². The Morgan fingerprint density at radius 1 is 0.875 bits per heavy atom. The minimum absolute atomic E-state index is 0.121. The van der Waals surface area contributed by atoms with Gasteiger partial charge in [0.1, 0.15) is 5.75 Å². The van der Waals surface area contributed by atoms with Gasteiger partial charge in [-0.1, -0.05) is 54.6 Å². The summed E-state index contributed by atoms with van der Waals surface area (Å²) in [5, 5.41) is 9.89. The van der Waals surface area contributed by atoms with Gasteiger partial charge in [-0.25, -0.2) is 0 Å². The van der Waals surface area contributed by atoms with E-state index in [4.69, 9.17) is 0 Å². The van der Waals surface area contributed by atoms with Crippen LogP contribution >= 0.6 is 0 Å². The summed E-state index contributed by atoms with van der Waals surface area (Å²) in [5.41, 5.74) is 11.7. The molecule has 7 rings (SSSR count). The Morgan fingerprint density at radius 2 is 1.79 bits per heavy atom. The van der Waals surface area contributed by atoms with Crippen LogP contribution in [0.5, 0.6) is 5.75 Å². The maximum absolute atomic E-state index is 9.89. The number of phenolic OH excluding ortho intramolecular Hbond substituents is 1. The lowest BCUT2D eigenvalue weighted by Gasteiger charge is -2.32. The van der Waals surface area contributed by atoms with Crippen molar-refractivity contribution in [1.82, 2.24) is 0 Å². The van der Waals surface area contributed by atoms with E-state index in [0.717, 1.165) is 0 Å². The first-order valence-electron chi connectivity index (χ1n) is 8.60. The third-order valence-corrected chi connectivity index (χ3v) is 6.69. The molecule has 1 nitrogen and oxygen atoms in total. The fraction of sp³-hybridized carbons (Fsp3) is 0.130. The lowest BCUT2D eigenvalue weighted by Crippen LogP contribution is -2.23. The van der Waals surface area contributed by atoms with Gasteiger partial charge in [-0.05, 0) is 56.6 Å². The first-order valence-corrected chi connectivity index (χ1v) is 8.60. The molecule has 3 unspecified atom stereocenters. The lowest BCUT2D eigenvalue weighted by atomic mass is 9.69. The van der Waals surface area contributed by atoms with Crippen LogP contribution in [-0.2, 0) is 5.41 Å². The van der Waals surface area contributed by atoms with Gasteiger partial charge < -0.3 is 5.11 Å². The number of hydrogen-bond acceptors (Lipinski definition) is 1. The van der Waals surface area contributed by atoms with E-state index in [2.05, 4.69) is 54.6 Å². The molecule has 3 aromatic carbocycles. The Kier molecular flexibility index (Phi) is 1.63. The van der Waals surface area contributed by atoms with Crippen molar-refractivity contribution < 1.29 is 5.11 Å². The second-order valence-corrected chi connectivity index (χ2v) is 7.51. The van der Waals surface area contributed by atoms with Crippen molar-refractivity contribution in [2.45, 2.75) is 17.3 Å². The quantitative estimate of drug-likeness (QED) is 0.624. The Bertz CT molecular complexity index is 1140. The number of aromatic hydroxyl groups is 1. The van der Waals surface area contributed by atoms with E-state index >= 15 is 0 Å². The first-order chi connectivity index (χ1) is 11.8. The van der Waals surface area contributed by atoms with E-state index in [-0.39, 0.29) is 5.41 Å². The van der Waals surface area contributed by atoms with Crippen molar-refractivity contribution in [3.8, 4) is 16.9 Å². The Labute approximate surface area is 139 Å². The van der Waals surface area contributed by atoms with Gasteiger partial charge in [0.05, 0.1) is 0 Å². The molecule has 0 amide bonds. The van der Waals surface area contributed by atoms with Crippen molar-refractivity contribution in [3.05, 3.63) is 94.1 Å². The fourth-order valence-electron chi connectivity index (χ4n) is 5.88. The molecule has 0 heterocycles. The Balaban J connectivity index is 1.61. The number of rotatable bonds is 0. The molecule has 1 spiro atoms. The highest BCUT2D eigenvalue weighted by Crippen LogP contribution is 2.77. The smallest absolute Gasteiger partial charge is 0.116 e. The second-order valence-electron chi connectivity index (χ2n) is 7.51. The van der Waals surface area contributed by atoms with Crippen LogP contribution in [0.25, 0.3) is 17.2 Å². The zero-order valence-electron chi connectivity index (χ0n) is 13.0. The van der Waals surface area contributed by atoms with Gasteiger partial charge in [-0.15, -0.1) is 0 Å². The number of benzene rings is 3. The zero-order chi connectivity index (χ0) is 15.6. The van der Waals surface area contributed by atoms with Gasteiger partial charge in [0, 0.05) is 17.3 Å². The van der Waals surface area contributed by atoms with Crippen LogP contribution in [0.1, 0.15) is 45.2 Å². The molecule has 1 N–H and O–H groups in total. The van der Waals surface area contributed by atoms with Crippen molar-refractivity contribution in [2.75, 3.05) is 0 Å². The van der Waals surface area contributed by atoms with E-state index in [9.17, 15) is 5.11 Å². The topological polar surface area (TPSA) is 20.2 Å². The molecular formula is C23H14O. The maximum atomic E-state index is 9.89. The number of hydrogen-bond donors (Lipinski definition) is 1. The minimum atomic E-state index is 0.121. The summed E-state index contributed by atoms with van der Waals surface area (Å²) < 4.78 is 0. The summed E-state index contributed by atoms with van der Waals surface area (Å²) >= 11 is 0. The summed E-state index contributed by atoms with van der Waals surface area (Å²) in [7, 11) is 0. The molecule has 0 radical (unpaired) electrons. The van der Waals surface area contributed by atoms with E-state index < -0.39 is 0 Å². The van der Waals surface area contributed by atoms with Crippen LogP contribution in [0.2, 0.25) is 0 Å². The summed E-state index contributed by atoms with van der Waals surface area (Å²) in [6, 6.07) is 19.5. The van der Waals surface area contributed by atoms with Crippen molar-refractivity contribution >= 4 is 6.08 Å². The van der Waals surface area contributed by atoms with Crippen LogP contribution in [0, 0.1) is 0 Å². The maximum Gasteiger partial charge on any atom is 0.116 e. The molecule has 3 aromatic rings. The molecule has 0 fully saturated rings. The summed E-state index contributed by atoms with van der Waals surface area (Å²) in [6.45, 7) is 0. The zero-order valence-corrected chi connectivity index (χ0v) is 13.0. The molecule has 24 heavy (non-hydrogen) atoms. The number of fused-ring (bicyclic) bond motifs is 6. The van der Waals surface area contributed by atoms with Crippen LogP contribution in [0.15, 0.2) is 60.7 Å². The van der Waals surface area contributed by atoms with Gasteiger partial charge in [-0.2, -0.15) is 0 Å². The molecular weight excluding hydrogens is 292 g/mol. The number of phenols is 1. The standard InChI is InChI=1S/C23H14O/c24-13-5-6-14-12(11-13)9-10-23-18-8-7-17-15-3-1-2-4-16(15)19(21(14)23)20(17)22(18)23/h1-11,19,21,24H. The van der Waals surface area contributed by atoms with Gasteiger partial charge in [-0.3, -0.25) is 0 Å². The Hall–Kier alpha value is -2.80. The summed E-state index contributed by atoms with van der Waals surface area (Å²) in [6.07, 6.45) is 4.61. The highest BCUT2D eigenvalue weighted by atomic mass is 16.3. The SMILES string of the molecule is Oc1ccc2c(c1)C=CC13c4ccc5c(c41)C(c1ccccc1-5)C23. The van der Waals surface area contributed by atoms with E-state index in [1.54, 1.807) is 11.1 Å². The summed E-state index contributed by atoms with van der Waals surface area (Å²) in [4.78, 5) is 0. The monoisotopic (exact) mass is 306 g/mol. The minimum Gasteiger partial charge on any atom is -0.508 e. The van der Waals surface area contributed by atoms with Crippen molar-refractivity contribution in [1.29, 1.82) is 0 Å². The Morgan fingerprint density at radius 3 is 2.75 bits per heavy atom. The third-order valence-electron chi connectivity index (χ3n) is 6.69. The van der Waals surface area contributed by atoms with Gasteiger partial charge in [0.15, 0.2) is 0 Å². The van der Waals surface area contributed by atoms with Gasteiger partial charge in [0.2, 0.25) is 0 Å². The molecule has 1 heteroatoms. The third kappa shape index (κ3) is 0.989. The first kappa shape index (κ1) is 11.7. The highest BCUT2D eigenvalue weighted by Gasteiger charge is 2.67. The lowest BCUT2D eigenvalue weighted by molar-refractivity contribution is 0.473. The molecule has 4 aliphatic rings. The van der Waals surface area contributed by atoms with Crippen LogP contribution in [-0.4, -0.2) is 5.11 Å². The van der Waals surface area contributed by atoms with Gasteiger partial charge in [0.25, 0.3) is 0 Å². The second kappa shape index (κ2) is 3.34. The van der Waals surface area contributed by atoms with E-state index in [1.807, 2.05) is 12.1 Å². The van der Waals surface area contributed by atoms with Gasteiger partial charge >= 0.3 is 0 Å². The van der Waals surface area contributed by atoms with E-state index in [0.29, 0.717) is 17.6 Å². The molecule has 0 saturated heterocycles. The van der Waals surface area contributed by atoms with Crippen molar-refractivity contribution in [2.24, 2.45) is 0 Å². The molecule has 0 aromatic heterocycles. The normalized spacial score (nSPS) is 28.2. The van der Waals surface area contributed by atoms with E-state index in [1.165, 1.54) is 33.4 Å². The molecule has 112 valence electrons. The van der Waals surface area contributed by atoms with Crippen LogP contribution in [0.4, 0.5) is 0 Å². The summed E-state index contributed by atoms with van der Waals surface area (Å²) in [5.74, 6) is 1.27. The van der Waals surface area contributed by atoms with Crippen LogP contribution in [0.3, 0.4) is 0 Å². The molecule has 0 bridgehead atoms. The average Bonchev–Trinajstić information content (AvgIpc) is 2.96. The molecule has 0 saturated carbocycles. The molecule has 3 atom stereocenters. The molecule has 4 aliphatic carbocycles. The predicted octanol–water partition coefficient (Wildman–Crippen LogP) is 4.93. The largest absolute Gasteiger partial charge is 0.508 e. The molecule has 0 aliphatic heterocycles. The fourth-order valence-corrected chi connectivity index (χ4v) is 5.88. The predicted molar refractivity (Wildman–Crippen MR) is 94.4 cm³/mol. The highest BCUT2D eigenvalue weighted by molar-refractivity contribution is 5.93.